The van der Waals surface area contributed by atoms with Crippen LogP contribution in [0.15, 0.2) is 97.1 Å². The Morgan fingerprint density at radius 2 is 0.842 bits per heavy atom. The standard InChI is InChI=1S/C50H64O7/c1-13-46(7,8)44(52)54-40-31-23-37(24-32-40)48(11,15-3)38-25-33-42(34-26-38)57-49(12,16-4)50(17-5,18-6)45(53)55-39-27-19-35(20-28-39)43(51)36-21-29-41(30-22-36)56-47(9,10)14-2/h19-34H,13-18H2,1-12H3. The molecule has 0 radical (unpaired) electrons. The molecule has 0 saturated heterocycles. The van der Waals surface area contributed by atoms with Crippen molar-refractivity contribution < 1.29 is 33.3 Å². The first-order chi connectivity index (χ1) is 26.9. The summed E-state index contributed by atoms with van der Waals surface area (Å²) in [6, 6.07) is 29.8. The highest BCUT2D eigenvalue weighted by Crippen LogP contribution is 2.46. The van der Waals surface area contributed by atoms with Crippen molar-refractivity contribution in [2.24, 2.45) is 10.8 Å². The van der Waals surface area contributed by atoms with Crippen LogP contribution < -0.4 is 18.9 Å². The molecule has 57 heavy (non-hydrogen) atoms. The fourth-order valence-corrected chi connectivity index (χ4v) is 7.13. The van der Waals surface area contributed by atoms with Crippen LogP contribution in [-0.4, -0.2) is 28.9 Å². The van der Waals surface area contributed by atoms with Gasteiger partial charge in [-0.2, -0.15) is 0 Å². The van der Waals surface area contributed by atoms with Gasteiger partial charge in [0.15, 0.2) is 5.78 Å². The molecule has 7 nitrogen and oxygen atoms in total. The molecule has 0 aromatic heterocycles. The fourth-order valence-electron chi connectivity index (χ4n) is 7.13. The van der Waals surface area contributed by atoms with E-state index in [9.17, 15) is 14.4 Å². The van der Waals surface area contributed by atoms with Gasteiger partial charge in [0.25, 0.3) is 0 Å². The molecule has 2 atom stereocenters. The highest BCUT2D eigenvalue weighted by molar-refractivity contribution is 6.09. The molecule has 0 saturated carbocycles. The maximum absolute atomic E-state index is 14.2. The van der Waals surface area contributed by atoms with Gasteiger partial charge in [0.05, 0.1) is 5.41 Å². The Bertz CT molecular complexity index is 1950. The molecule has 7 heteroatoms. The quantitative estimate of drug-likeness (QED) is 0.0532. The lowest BCUT2D eigenvalue weighted by molar-refractivity contribution is -0.162. The summed E-state index contributed by atoms with van der Waals surface area (Å²) in [5, 5.41) is 0. The van der Waals surface area contributed by atoms with E-state index in [1.807, 2.05) is 111 Å². The first kappa shape index (κ1) is 44.8. The van der Waals surface area contributed by atoms with Gasteiger partial charge < -0.3 is 18.9 Å². The minimum absolute atomic E-state index is 0.130. The fraction of sp³-hybridized carbons (Fsp3) is 0.460. The minimum Gasteiger partial charge on any atom is -0.488 e. The lowest BCUT2D eigenvalue weighted by atomic mass is 9.67. The molecule has 0 heterocycles. The van der Waals surface area contributed by atoms with Crippen molar-refractivity contribution >= 4 is 17.7 Å². The van der Waals surface area contributed by atoms with E-state index in [1.54, 1.807) is 36.4 Å². The van der Waals surface area contributed by atoms with Gasteiger partial charge in [0.2, 0.25) is 0 Å². The predicted octanol–water partition coefficient (Wildman–Crippen LogP) is 12.5. The molecule has 0 spiro atoms. The lowest BCUT2D eigenvalue weighted by Gasteiger charge is -2.45. The minimum atomic E-state index is -0.958. The largest absolute Gasteiger partial charge is 0.488 e. The average molecular weight is 777 g/mol. The van der Waals surface area contributed by atoms with E-state index >= 15 is 0 Å². The first-order valence-corrected chi connectivity index (χ1v) is 20.6. The maximum atomic E-state index is 14.2. The summed E-state index contributed by atoms with van der Waals surface area (Å²) in [4.78, 5) is 40.1. The molecule has 306 valence electrons. The summed E-state index contributed by atoms with van der Waals surface area (Å²) >= 11 is 0. The van der Waals surface area contributed by atoms with Crippen molar-refractivity contribution in [1.29, 1.82) is 0 Å². The maximum Gasteiger partial charge on any atom is 0.321 e. The SMILES string of the molecule is CCC(C)(C)Oc1ccc(C(=O)c2ccc(OC(=O)C(CC)(CC)C(C)(CC)Oc3ccc(C(C)(CC)c4ccc(OC(=O)C(C)(C)CC)cc4)cc3)cc2)cc1. The Balaban J connectivity index is 1.48. The number of carbonyl (C=O) groups is 3. The second-order valence-electron chi connectivity index (χ2n) is 16.8. The summed E-state index contributed by atoms with van der Waals surface area (Å²) in [5.74, 6) is 1.54. The van der Waals surface area contributed by atoms with Gasteiger partial charge in [-0.15, -0.1) is 0 Å². The highest BCUT2D eigenvalue weighted by atomic mass is 16.5. The Morgan fingerprint density at radius 3 is 1.25 bits per heavy atom. The van der Waals surface area contributed by atoms with Crippen LogP contribution in [0.3, 0.4) is 0 Å². The topological polar surface area (TPSA) is 88.1 Å². The Morgan fingerprint density at radius 1 is 0.439 bits per heavy atom. The predicted molar refractivity (Wildman–Crippen MR) is 229 cm³/mol. The van der Waals surface area contributed by atoms with Gasteiger partial charge >= 0.3 is 11.9 Å². The second kappa shape index (κ2) is 18.1. The number of carbonyl (C=O) groups excluding carboxylic acids is 3. The number of ether oxygens (including phenoxy) is 4. The van der Waals surface area contributed by atoms with E-state index in [0.29, 0.717) is 59.8 Å². The molecule has 2 unspecified atom stereocenters. The van der Waals surface area contributed by atoms with Crippen LogP contribution in [0, 0.1) is 10.8 Å². The number of benzene rings is 4. The van der Waals surface area contributed by atoms with Crippen molar-refractivity contribution in [3.8, 4) is 23.0 Å². The zero-order valence-electron chi connectivity index (χ0n) is 36.3. The summed E-state index contributed by atoms with van der Waals surface area (Å²) in [6.07, 6.45) is 3.98. The van der Waals surface area contributed by atoms with E-state index < -0.39 is 16.4 Å². The first-order valence-electron chi connectivity index (χ1n) is 20.6. The van der Waals surface area contributed by atoms with Crippen molar-refractivity contribution in [2.45, 2.75) is 138 Å². The van der Waals surface area contributed by atoms with Gasteiger partial charge in [-0.05, 0) is 157 Å². The third kappa shape index (κ3) is 9.80. The van der Waals surface area contributed by atoms with Crippen molar-refractivity contribution in [3.05, 3.63) is 119 Å². The van der Waals surface area contributed by atoms with Gasteiger partial charge in [0.1, 0.15) is 39.6 Å². The molecule has 0 amide bonds. The van der Waals surface area contributed by atoms with Crippen LogP contribution in [0.25, 0.3) is 0 Å². The molecule has 0 fully saturated rings. The molecule has 0 aliphatic heterocycles. The van der Waals surface area contributed by atoms with E-state index in [-0.39, 0.29) is 28.7 Å². The number of rotatable bonds is 19. The van der Waals surface area contributed by atoms with Crippen LogP contribution in [0.5, 0.6) is 23.0 Å². The summed E-state index contributed by atoms with van der Waals surface area (Å²) in [7, 11) is 0. The Hall–Kier alpha value is -4.91. The summed E-state index contributed by atoms with van der Waals surface area (Å²) < 4.78 is 24.6. The molecule has 0 bridgehead atoms. The van der Waals surface area contributed by atoms with Crippen LogP contribution >= 0.6 is 0 Å². The monoisotopic (exact) mass is 776 g/mol. The average Bonchev–Trinajstić information content (AvgIpc) is 3.21. The summed E-state index contributed by atoms with van der Waals surface area (Å²) in [6.45, 7) is 24.3. The number of esters is 2. The van der Waals surface area contributed by atoms with E-state index in [2.05, 4.69) is 32.9 Å². The molecule has 0 aliphatic rings. The highest BCUT2D eigenvalue weighted by Gasteiger charge is 2.54. The molecule has 4 rings (SSSR count). The molecule has 4 aromatic rings. The number of ketones is 1. The van der Waals surface area contributed by atoms with Crippen LogP contribution in [0.1, 0.15) is 149 Å². The Kier molecular flexibility index (Phi) is 14.2. The zero-order chi connectivity index (χ0) is 42.2. The zero-order valence-corrected chi connectivity index (χ0v) is 36.3. The Labute approximate surface area is 341 Å². The van der Waals surface area contributed by atoms with Gasteiger partial charge in [-0.1, -0.05) is 72.7 Å². The van der Waals surface area contributed by atoms with Crippen LogP contribution in [0.2, 0.25) is 0 Å². The van der Waals surface area contributed by atoms with Gasteiger partial charge in [-0.3, -0.25) is 14.4 Å². The second-order valence-corrected chi connectivity index (χ2v) is 16.8. The van der Waals surface area contributed by atoms with Crippen LogP contribution in [-0.2, 0) is 15.0 Å². The number of hydrogen-bond acceptors (Lipinski definition) is 7. The van der Waals surface area contributed by atoms with E-state index in [1.165, 1.54) is 0 Å². The molecular weight excluding hydrogens is 713 g/mol. The normalized spacial score (nSPS) is 14.2. The molecule has 0 N–H and O–H groups in total. The van der Waals surface area contributed by atoms with Crippen LogP contribution in [0.4, 0.5) is 0 Å². The third-order valence-corrected chi connectivity index (χ3v) is 12.7. The molecule has 4 aromatic carbocycles. The lowest BCUT2D eigenvalue weighted by Crippen LogP contribution is -2.55. The van der Waals surface area contributed by atoms with Crippen molar-refractivity contribution in [2.75, 3.05) is 0 Å². The van der Waals surface area contributed by atoms with E-state index in [4.69, 9.17) is 18.9 Å². The number of hydrogen-bond donors (Lipinski definition) is 0. The van der Waals surface area contributed by atoms with Crippen molar-refractivity contribution in [3.63, 3.8) is 0 Å². The third-order valence-electron chi connectivity index (χ3n) is 12.7. The molecule has 0 aliphatic carbocycles. The van der Waals surface area contributed by atoms with Gasteiger partial charge in [-0.25, -0.2) is 0 Å². The molecular formula is C50H64O7. The van der Waals surface area contributed by atoms with E-state index in [0.717, 1.165) is 24.0 Å². The smallest absolute Gasteiger partial charge is 0.321 e. The van der Waals surface area contributed by atoms with Gasteiger partial charge in [0, 0.05) is 16.5 Å². The summed E-state index contributed by atoms with van der Waals surface area (Å²) in [5.41, 5.74) is 0.281. The van der Waals surface area contributed by atoms with Crippen molar-refractivity contribution in [1.82, 2.24) is 0 Å².